The molecule has 9 atom stereocenters. The zero-order valence-corrected chi connectivity index (χ0v) is 16.5. The van der Waals surface area contributed by atoms with Crippen LogP contribution in [0.15, 0.2) is 24.3 Å². The van der Waals surface area contributed by atoms with Gasteiger partial charge in [-0.25, -0.2) is 0 Å². The second-order valence-corrected chi connectivity index (χ2v) is 7.70. The van der Waals surface area contributed by atoms with Crippen molar-refractivity contribution < 1.29 is 60.0 Å². The Morgan fingerprint density at radius 1 is 1.03 bits per heavy atom. The summed E-state index contributed by atoms with van der Waals surface area (Å²) in [7, 11) is 0. The van der Waals surface area contributed by atoms with Gasteiger partial charge in [0.2, 0.25) is 6.29 Å². The van der Waals surface area contributed by atoms with Crippen LogP contribution in [0.2, 0.25) is 0 Å². The number of benzene rings is 1. The number of nitro benzene ring substituents is 1. The smallest absolute Gasteiger partial charge is 0.269 e. The van der Waals surface area contributed by atoms with E-state index in [0.29, 0.717) is 0 Å². The number of hydrogen-bond donors (Lipinski definition) is 8. The molecule has 0 saturated carbocycles. The van der Waals surface area contributed by atoms with Gasteiger partial charge >= 0.3 is 0 Å². The normalized spacial score (nSPS) is 42.4. The number of aliphatic hydroxyl groups is 8. The number of nitrogens with zero attached hydrogens (tertiary/aromatic N) is 1. The van der Waals surface area contributed by atoms with E-state index in [0.717, 1.165) is 12.1 Å². The first-order chi connectivity index (χ1) is 15.0. The van der Waals surface area contributed by atoms with Gasteiger partial charge in [-0.1, -0.05) is 0 Å². The highest BCUT2D eigenvalue weighted by molar-refractivity contribution is 5.36. The maximum Gasteiger partial charge on any atom is 0.269 e. The monoisotopic (exact) mass is 463 g/mol. The molecule has 2 aliphatic heterocycles. The molecule has 14 heteroatoms. The Bertz CT molecular complexity index is 805. The summed E-state index contributed by atoms with van der Waals surface area (Å²) in [4.78, 5) is 10.1. The van der Waals surface area contributed by atoms with Crippen molar-refractivity contribution in [2.45, 2.75) is 54.1 Å². The topological polar surface area (TPSA) is 233 Å². The average molecular weight is 463 g/mol. The van der Waals surface area contributed by atoms with Gasteiger partial charge in [-0.15, -0.1) is 0 Å². The molecule has 1 aromatic rings. The van der Waals surface area contributed by atoms with Gasteiger partial charge in [-0.3, -0.25) is 10.1 Å². The summed E-state index contributed by atoms with van der Waals surface area (Å²) in [5.74, 6) is -0.0186. The third-order valence-corrected chi connectivity index (χ3v) is 5.89. The van der Waals surface area contributed by atoms with Gasteiger partial charge in [-0.05, 0) is 12.1 Å². The van der Waals surface area contributed by atoms with Crippen LogP contribution < -0.4 is 4.74 Å². The molecule has 14 nitrogen and oxygen atoms in total. The Balaban J connectivity index is 1.86. The van der Waals surface area contributed by atoms with E-state index >= 15 is 0 Å². The number of ether oxygens (including phenoxy) is 3. The van der Waals surface area contributed by atoms with E-state index in [1.807, 2.05) is 0 Å². The predicted molar refractivity (Wildman–Crippen MR) is 100 cm³/mol. The quantitative estimate of drug-likeness (QED) is 0.149. The number of non-ortho nitro benzene ring substituents is 1. The average Bonchev–Trinajstić information content (AvgIpc) is 2.78. The molecule has 1 aromatic carbocycles. The predicted octanol–water partition coefficient (Wildman–Crippen LogP) is -4.01. The molecule has 0 aliphatic carbocycles. The number of nitro groups is 1. The van der Waals surface area contributed by atoms with Crippen LogP contribution in [0.4, 0.5) is 5.69 Å². The third-order valence-electron chi connectivity index (χ3n) is 5.89. The van der Waals surface area contributed by atoms with Gasteiger partial charge in [0.25, 0.3) is 5.69 Å². The lowest BCUT2D eigenvalue weighted by Crippen LogP contribution is -2.82. The summed E-state index contributed by atoms with van der Waals surface area (Å²) in [5.41, 5.74) is -6.04. The lowest BCUT2D eigenvalue weighted by molar-refractivity contribution is -0.385. The highest BCUT2D eigenvalue weighted by atomic mass is 16.7. The van der Waals surface area contributed by atoms with Crippen LogP contribution in [-0.4, -0.2) is 120 Å². The number of rotatable bonds is 6. The van der Waals surface area contributed by atoms with Crippen molar-refractivity contribution >= 4 is 5.69 Å². The minimum atomic E-state index is -2.96. The molecule has 8 N–H and O–H groups in total. The van der Waals surface area contributed by atoms with Crippen molar-refractivity contribution in [2.75, 3.05) is 19.8 Å². The number of aliphatic hydroxyl groups excluding tert-OH is 6. The zero-order valence-electron chi connectivity index (χ0n) is 16.5. The van der Waals surface area contributed by atoms with Crippen LogP contribution in [0.3, 0.4) is 0 Å². The molecule has 0 radical (unpaired) electrons. The molecule has 0 spiro atoms. The van der Waals surface area contributed by atoms with Gasteiger partial charge in [0, 0.05) is 12.1 Å². The fourth-order valence-electron chi connectivity index (χ4n) is 3.96. The van der Waals surface area contributed by atoms with Crippen molar-refractivity contribution in [1.29, 1.82) is 0 Å². The minimum Gasteiger partial charge on any atom is -0.462 e. The van der Waals surface area contributed by atoms with Crippen molar-refractivity contribution in [3.8, 4) is 5.75 Å². The van der Waals surface area contributed by atoms with E-state index in [4.69, 9.17) is 14.2 Å². The molecule has 0 amide bonds. The SMILES string of the molecule is O=[N+]([O-])c1ccc(O[C@H]2O[C@H](CO)[C@@](O)([C@@]3(O)CO[C@H](CO)[C@H](O)[C@@H]3O)[C@H](O)[C@H]2O)cc1. The van der Waals surface area contributed by atoms with Gasteiger partial charge in [-0.2, -0.15) is 0 Å². The summed E-state index contributed by atoms with van der Waals surface area (Å²) in [6, 6.07) is 4.59. The van der Waals surface area contributed by atoms with Crippen molar-refractivity contribution in [3.05, 3.63) is 34.4 Å². The second-order valence-electron chi connectivity index (χ2n) is 7.70. The highest BCUT2D eigenvalue weighted by Crippen LogP contribution is 2.43. The Morgan fingerprint density at radius 3 is 2.19 bits per heavy atom. The maximum atomic E-state index is 11.2. The van der Waals surface area contributed by atoms with E-state index < -0.39 is 78.9 Å². The molecular formula is C18H25NO13. The highest BCUT2D eigenvalue weighted by Gasteiger charge is 2.70. The number of hydrogen-bond acceptors (Lipinski definition) is 13. The fourth-order valence-corrected chi connectivity index (χ4v) is 3.96. The van der Waals surface area contributed by atoms with Crippen molar-refractivity contribution in [2.24, 2.45) is 0 Å². The first kappa shape index (κ1) is 24.7. The molecular weight excluding hydrogens is 438 g/mol. The molecule has 2 fully saturated rings. The molecule has 180 valence electrons. The van der Waals surface area contributed by atoms with Crippen LogP contribution in [0.1, 0.15) is 0 Å². The minimum absolute atomic E-state index is 0.0186. The van der Waals surface area contributed by atoms with Crippen molar-refractivity contribution in [1.82, 2.24) is 0 Å². The molecule has 3 rings (SSSR count). The molecule has 0 bridgehead atoms. The molecule has 2 aliphatic rings. The Kier molecular flexibility index (Phi) is 7.02. The Morgan fingerprint density at radius 2 is 1.66 bits per heavy atom. The van der Waals surface area contributed by atoms with Crippen LogP contribution in [-0.2, 0) is 9.47 Å². The molecule has 0 aromatic heterocycles. The van der Waals surface area contributed by atoms with E-state index in [1.54, 1.807) is 0 Å². The summed E-state index contributed by atoms with van der Waals surface area (Å²) < 4.78 is 15.8. The summed E-state index contributed by atoms with van der Waals surface area (Å²) in [5, 5.41) is 93.7. The fraction of sp³-hybridized carbons (Fsp3) is 0.667. The molecule has 2 heterocycles. The second kappa shape index (κ2) is 9.11. The lowest BCUT2D eigenvalue weighted by Gasteiger charge is -2.57. The van der Waals surface area contributed by atoms with Crippen LogP contribution in [0.25, 0.3) is 0 Å². The lowest BCUT2D eigenvalue weighted by atomic mass is 9.67. The maximum absolute atomic E-state index is 11.2. The molecule has 32 heavy (non-hydrogen) atoms. The first-order valence-electron chi connectivity index (χ1n) is 9.58. The standard InChI is InChI=1S/C18H25NO13/c20-5-10-12(22)14(24)17(26,7-30-10)18(27)11(6-21)32-16(13(23)15(18)25)31-9-3-1-8(2-4-9)19(28)29/h1-4,10-16,20-27H,5-7H2/t10-,11-,12+,13-,14+,15-,16+,17-,18+/m1/s1. The zero-order chi connectivity index (χ0) is 23.8. The molecule has 2 saturated heterocycles. The Hall–Kier alpha value is -1.98. The molecule has 0 unspecified atom stereocenters. The van der Waals surface area contributed by atoms with E-state index in [2.05, 4.69) is 0 Å². The van der Waals surface area contributed by atoms with Gasteiger partial charge in [0.1, 0.15) is 42.4 Å². The largest absolute Gasteiger partial charge is 0.462 e. The van der Waals surface area contributed by atoms with Crippen LogP contribution in [0, 0.1) is 10.1 Å². The summed E-state index contributed by atoms with van der Waals surface area (Å²) in [6.07, 6.45) is -13.3. The summed E-state index contributed by atoms with van der Waals surface area (Å²) in [6.45, 7) is -2.65. The summed E-state index contributed by atoms with van der Waals surface area (Å²) >= 11 is 0. The van der Waals surface area contributed by atoms with Crippen molar-refractivity contribution in [3.63, 3.8) is 0 Å². The van der Waals surface area contributed by atoms with Crippen LogP contribution in [0.5, 0.6) is 5.75 Å². The van der Waals surface area contributed by atoms with Gasteiger partial charge < -0.3 is 55.1 Å². The first-order valence-corrected chi connectivity index (χ1v) is 9.58. The van der Waals surface area contributed by atoms with Gasteiger partial charge in [0.15, 0.2) is 11.2 Å². The van der Waals surface area contributed by atoms with E-state index in [1.165, 1.54) is 12.1 Å². The van der Waals surface area contributed by atoms with E-state index in [9.17, 15) is 51.0 Å². The third kappa shape index (κ3) is 3.84. The van der Waals surface area contributed by atoms with Crippen LogP contribution >= 0.6 is 0 Å². The van der Waals surface area contributed by atoms with E-state index in [-0.39, 0.29) is 11.4 Å². The Labute approximate surface area is 180 Å². The van der Waals surface area contributed by atoms with Gasteiger partial charge in [0.05, 0.1) is 24.7 Å².